The molecular formula is C22H17NOS. The first-order chi connectivity index (χ1) is 12.4. The number of benzene rings is 3. The lowest BCUT2D eigenvalue weighted by molar-refractivity contribution is 0.415. The summed E-state index contributed by atoms with van der Waals surface area (Å²) in [5.41, 5.74) is 5.66. The van der Waals surface area contributed by atoms with Crippen LogP contribution in [0.5, 0.6) is 5.75 Å². The molecule has 4 aromatic rings. The average molecular weight is 343 g/mol. The molecule has 0 aliphatic heterocycles. The van der Waals surface area contributed by atoms with Gasteiger partial charge in [-0.05, 0) is 34.8 Å². The van der Waals surface area contributed by atoms with Gasteiger partial charge in [0, 0.05) is 11.1 Å². The molecule has 0 spiro atoms. The lowest BCUT2D eigenvalue weighted by Gasteiger charge is -2.08. The topological polar surface area (TPSA) is 22.1 Å². The van der Waals surface area contributed by atoms with E-state index in [1.54, 1.807) is 18.6 Å². The summed E-state index contributed by atoms with van der Waals surface area (Å²) >= 11 is 1.55. The molecule has 0 saturated carbocycles. The number of aromatic nitrogens is 1. The Balaban J connectivity index is 1.93. The highest BCUT2D eigenvalue weighted by Gasteiger charge is 2.18. The van der Waals surface area contributed by atoms with Crippen molar-refractivity contribution in [2.45, 2.75) is 0 Å². The third-order valence-corrected chi connectivity index (χ3v) is 5.05. The van der Waals surface area contributed by atoms with Gasteiger partial charge in [0.15, 0.2) is 0 Å². The summed E-state index contributed by atoms with van der Waals surface area (Å²) in [5, 5.41) is 0. The molecule has 4 rings (SSSR count). The van der Waals surface area contributed by atoms with Gasteiger partial charge in [0.25, 0.3) is 0 Å². The molecule has 0 atom stereocenters. The van der Waals surface area contributed by atoms with Crippen LogP contribution in [0.1, 0.15) is 0 Å². The van der Waals surface area contributed by atoms with Crippen molar-refractivity contribution < 1.29 is 4.74 Å². The molecule has 1 heterocycles. The molecule has 0 saturated heterocycles. The monoisotopic (exact) mass is 343 g/mol. The van der Waals surface area contributed by atoms with Crippen LogP contribution >= 0.6 is 11.5 Å². The van der Waals surface area contributed by atoms with Crippen molar-refractivity contribution in [3.05, 3.63) is 84.9 Å². The molecule has 0 unspecified atom stereocenters. The van der Waals surface area contributed by atoms with Crippen LogP contribution in [0.2, 0.25) is 0 Å². The van der Waals surface area contributed by atoms with Crippen molar-refractivity contribution in [1.82, 2.24) is 4.37 Å². The van der Waals surface area contributed by atoms with Crippen LogP contribution in [-0.4, -0.2) is 11.5 Å². The normalized spacial score (nSPS) is 10.6. The summed E-state index contributed by atoms with van der Waals surface area (Å²) in [4.78, 5) is 1.18. The Hall–Kier alpha value is -2.91. The van der Waals surface area contributed by atoms with E-state index >= 15 is 0 Å². The summed E-state index contributed by atoms with van der Waals surface area (Å²) in [6.07, 6.45) is 0. The van der Waals surface area contributed by atoms with Crippen LogP contribution in [0, 0.1) is 0 Å². The number of nitrogens with zero attached hydrogens (tertiary/aromatic N) is 1. The number of hydrogen-bond donors (Lipinski definition) is 0. The van der Waals surface area contributed by atoms with Crippen LogP contribution in [0.25, 0.3) is 32.8 Å². The van der Waals surface area contributed by atoms with Crippen LogP contribution in [0.3, 0.4) is 0 Å². The van der Waals surface area contributed by atoms with Crippen LogP contribution in [0.15, 0.2) is 84.9 Å². The predicted molar refractivity (Wildman–Crippen MR) is 105 cm³/mol. The first kappa shape index (κ1) is 15.6. The van der Waals surface area contributed by atoms with Gasteiger partial charge in [-0.15, -0.1) is 0 Å². The van der Waals surface area contributed by atoms with Crippen molar-refractivity contribution in [2.24, 2.45) is 0 Å². The number of hydrogen-bond acceptors (Lipinski definition) is 3. The summed E-state index contributed by atoms with van der Waals surface area (Å²) in [6, 6.07) is 29.0. The Labute approximate surface area is 151 Å². The molecule has 0 N–H and O–H groups in total. The fraction of sp³-hybridized carbons (Fsp3) is 0.0455. The zero-order chi connectivity index (χ0) is 17.1. The molecule has 3 heteroatoms. The molecule has 0 radical (unpaired) electrons. The summed E-state index contributed by atoms with van der Waals surface area (Å²) in [7, 11) is 1.69. The Kier molecular flexibility index (Phi) is 4.32. The fourth-order valence-corrected chi connectivity index (χ4v) is 3.82. The Morgan fingerprint density at radius 1 is 0.680 bits per heavy atom. The first-order valence-electron chi connectivity index (χ1n) is 8.12. The molecule has 0 bridgehead atoms. The van der Waals surface area contributed by atoms with E-state index in [1.807, 2.05) is 24.3 Å². The van der Waals surface area contributed by atoms with Crippen molar-refractivity contribution >= 4 is 11.5 Å². The van der Waals surface area contributed by atoms with Crippen LogP contribution in [-0.2, 0) is 0 Å². The fourth-order valence-electron chi connectivity index (χ4n) is 2.90. The SMILES string of the molecule is COc1ccc(-c2c(-c3ccccc3)nsc2-c2ccccc2)cc1. The van der Waals surface area contributed by atoms with E-state index in [2.05, 4.69) is 60.7 Å². The minimum Gasteiger partial charge on any atom is -0.497 e. The summed E-state index contributed by atoms with van der Waals surface area (Å²) in [5.74, 6) is 0.856. The number of ether oxygens (including phenoxy) is 1. The second-order valence-electron chi connectivity index (χ2n) is 5.70. The van der Waals surface area contributed by atoms with Gasteiger partial charge < -0.3 is 4.74 Å². The van der Waals surface area contributed by atoms with E-state index in [0.29, 0.717) is 0 Å². The molecule has 0 amide bonds. The minimum atomic E-state index is 0.856. The molecule has 1 aromatic heterocycles. The van der Waals surface area contributed by atoms with Gasteiger partial charge in [0.2, 0.25) is 0 Å². The molecule has 122 valence electrons. The maximum Gasteiger partial charge on any atom is 0.118 e. The number of methoxy groups -OCH3 is 1. The smallest absolute Gasteiger partial charge is 0.118 e. The standard InChI is InChI=1S/C22H17NOS/c1-24-19-14-12-16(13-15-19)20-21(17-8-4-2-5-9-17)23-25-22(20)18-10-6-3-7-11-18/h2-15H,1H3. The van der Waals surface area contributed by atoms with E-state index < -0.39 is 0 Å². The Morgan fingerprint density at radius 2 is 1.28 bits per heavy atom. The lowest BCUT2D eigenvalue weighted by atomic mass is 9.97. The predicted octanol–water partition coefficient (Wildman–Crippen LogP) is 6.15. The molecular weight excluding hydrogens is 326 g/mol. The highest BCUT2D eigenvalue weighted by atomic mass is 32.1. The highest BCUT2D eigenvalue weighted by Crippen LogP contribution is 2.42. The van der Waals surface area contributed by atoms with E-state index in [4.69, 9.17) is 9.11 Å². The van der Waals surface area contributed by atoms with E-state index in [0.717, 1.165) is 22.6 Å². The third-order valence-electron chi connectivity index (χ3n) is 4.15. The molecule has 25 heavy (non-hydrogen) atoms. The van der Waals surface area contributed by atoms with Crippen LogP contribution < -0.4 is 4.74 Å². The maximum atomic E-state index is 5.30. The van der Waals surface area contributed by atoms with E-state index in [-0.39, 0.29) is 0 Å². The summed E-state index contributed by atoms with van der Waals surface area (Å²) < 4.78 is 10.1. The van der Waals surface area contributed by atoms with Crippen LogP contribution in [0.4, 0.5) is 0 Å². The molecule has 0 aliphatic carbocycles. The lowest BCUT2D eigenvalue weighted by Crippen LogP contribution is -1.86. The van der Waals surface area contributed by atoms with Gasteiger partial charge in [-0.2, -0.15) is 4.37 Å². The second kappa shape index (κ2) is 6.91. The van der Waals surface area contributed by atoms with E-state index in [9.17, 15) is 0 Å². The van der Waals surface area contributed by atoms with Crippen molar-refractivity contribution in [1.29, 1.82) is 0 Å². The molecule has 0 aliphatic rings. The van der Waals surface area contributed by atoms with Gasteiger partial charge in [-0.3, -0.25) is 0 Å². The summed E-state index contributed by atoms with van der Waals surface area (Å²) in [6.45, 7) is 0. The zero-order valence-electron chi connectivity index (χ0n) is 13.8. The highest BCUT2D eigenvalue weighted by molar-refractivity contribution is 7.10. The third kappa shape index (κ3) is 3.06. The molecule has 0 fully saturated rings. The van der Waals surface area contributed by atoms with Gasteiger partial charge >= 0.3 is 0 Å². The zero-order valence-corrected chi connectivity index (χ0v) is 14.7. The number of rotatable bonds is 4. The molecule has 3 aromatic carbocycles. The van der Waals surface area contributed by atoms with Gasteiger partial charge in [-0.1, -0.05) is 72.8 Å². The maximum absolute atomic E-state index is 5.30. The second-order valence-corrected chi connectivity index (χ2v) is 6.47. The quantitative estimate of drug-likeness (QED) is 0.443. The van der Waals surface area contributed by atoms with Gasteiger partial charge in [-0.25, -0.2) is 0 Å². The first-order valence-corrected chi connectivity index (χ1v) is 8.89. The van der Waals surface area contributed by atoms with Gasteiger partial charge in [0.1, 0.15) is 5.75 Å². The Bertz CT molecular complexity index is 903. The largest absolute Gasteiger partial charge is 0.497 e. The van der Waals surface area contributed by atoms with Gasteiger partial charge in [0.05, 0.1) is 17.7 Å². The van der Waals surface area contributed by atoms with E-state index in [1.165, 1.54) is 16.0 Å². The molecule has 2 nitrogen and oxygen atoms in total. The Morgan fingerprint density at radius 3 is 1.88 bits per heavy atom. The minimum absolute atomic E-state index is 0.856. The van der Waals surface area contributed by atoms with Crippen molar-refractivity contribution in [3.8, 4) is 38.6 Å². The van der Waals surface area contributed by atoms with Crippen molar-refractivity contribution in [3.63, 3.8) is 0 Å². The average Bonchev–Trinajstić information content (AvgIpc) is 3.14. The van der Waals surface area contributed by atoms with Crippen molar-refractivity contribution in [2.75, 3.05) is 7.11 Å².